The first-order valence-corrected chi connectivity index (χ1v) is 6.92. The van der Waals surface area contributed by atoms with Gasteiger partial charge in [-0.15, -0.1) is 11.3 Å². The number of carbonyl (C=O) groups excluding carboxylic acids is 1. The number of hydrogen-bond acceptors (Lipinski definition) is 3. The predicted molar refractivity (Wildman–Crippen MR) is 75.4 cm³/mol. The molecular weight excluding hydrogens is 291 g/mol. The Bertz CT molecular complexity index is 578. The van der Waals surface area contributed by atoms with Gasteiger partial charge in [-0.05, 0) is 25.1 Å². The molecule has 94 valence electrons. The highest BCUT2D eigenvalue weighted by Gasteiger charge is 2.19. The van der Waals surface area contributed by atoms with Crippen molar-refractivity contribution in [1.29, 1.82) is 0 Å². The lowest BCUT2D eigenvalue weighted by atomic mass is 10.1. The van der Waals surface area contributed by atoms with Crippen LogP contribution in [0.3, 0.4) is 0 Å². The second kappa shape index (κ2) is 5.74. The lowest BCUT2D eigenvalue weighted by Gasteiger charge is -2.08. The summed E-state index contributed by atoms with van der Waals surface area (Å²) in [6, 6.07) is 8.68. The summed E-state index contributed by atoms with van der Waals surface area (Å²) in [5.41, 5.74) is 0.912. The van der Waals surface area contributed by atoms with Gasteiger partial charge in [-0.2, -0.15) is 0 Å². The molecule has 0 aliphatic rings. The Kier molecular flexibility index (Phi) is 4.27. The number of para-hydroxylation sites is 1. The SMILES string of the molecule is CCOc1ccccc1C(=O)c1cc(Cl)sc1Cl. The molecule has 0 saturated heterocycles. The normalized spacial score (nSPS) is 10.4. The Morgan fingerprint density at radius 3 is 2.61 bits per heavy atom. The minimum Gasteiger partial charge on any atom is -0.493 e. The van der Waals surface area contributed by atoms with E-state index in [1.54, 1.807) is 24.3 Å². The van der Waals surface area contributed by atoms with E-state index >= 15 is 0 Å². The summed E-state index contributed by atoms with van der Waals surface area (Å²) in [5, 5.41) is 0. The number of halogens is 2. The van der Waals surface area contributed by atoms with Crippen molar-refractivity contribution in [2.24, 2.45) is 0 Å². The third-order valence-electron chi connectivity index (χ3n) is 2.33. The van der Waals surface area contributed by atoms with Crippen molar-refractivity contribution < 1.29 is 9.53 Å². The van der Waals surface area contributed by atoms with Crippen LogP contribution in [0.4, 0.5) is 0 Å². The first kappa shape index (κ1) is 13.4. The van der Waals surface area contributed by atoms with Gasteiger partial charge in [0.25, 0.3) is 0 Å². The van der Waals surface area contributed by atoms with E-state index in [4.69, 9.17) is 27.9 Å². The molecule has 0 aliphatic carbocycles. The van der Waals surface area contributed by atoms with Gasteiger partial charge in [0.1, 0.15) is 10.1 Å². The van der Waals surface area contributed by atoms with Crippen LogP contribution in [0.15, 0.2) is 30.3 Å². The van der Waals surface area contributed by atoms with Crippen LogP contribution in [-0.4, -0.2) is 12.4 Å². The lowest BCUT2D eigenvalue weighted by molar-refractivity contribution is 0.103. The average Bonchev–Trinajstić information content (AvgIpc) is 2.69. The van der Waals surface area contributed by atoms with Crippen LogP contribution < -0.4 is 4.74 Å². The number of hydrogen-bond donors (Lipinski definition) is 0. The molecule has 0 saturated carbocycles. The number of ketones is 1. The van der Waals surface area contributed by atoms with Gasteiger partial charge in [0, 0.05) is 0 Å². The molecule has 2 nitrogen and oxygen atoms in total. The fourth-order valence-electron chi connectivity index (χ4n) is 1.58. The highest BCUT2D eigenvalue weighted by molar-refractivity contribution is 7.20. The molecule has 0 fully saturated rings. The molecule has 0 aliphatic heterocycles. The molecule has 18 heavy (non-hydrogen) atoms. The molecule has 2 aromatic rings. The molecule has 0 amide bonds. The first-order chi connectivity index (χ1) is 8.63. The minimum absolute atomic E-state index is 0.174. The monoisotopic (exact) mass is 300 g/mol. The highest BCUT2D eigenvalue weighted by Crippen LogP contribution is 2.34. The number of benzene rings is 1. The topological polar surface area (TPSA) is 26.3 Å². The first-order valence-electron chi connectivity index (χ1n) is 5.34. The molecule has 1 aromatic carbocycles. The van der Waals surface area contributed by atoms with Crippen molar-refractivity contribution in [3.05, 3.63) is 50.1 Å². The van der Waals surface area contributed by atoms with Crippen molar-refractivity contribution in [1.82, 2.24) is 0 Å². The lowest BCUT2D eigenvalue weighted by Crippen LogP contribution is -2.04. The van der Waals surface area contributed by atoms with Gasteiger partial charge in [0.05, 0.1) is 22.1 Å². The van der Waals surface area contributed by atoms with Gasteiger partial charge >= 0.3 is 0 Å². The van der Waals surface area contributed by atoms with Crippen LogP contribution in [0.1, 0.15) is 22.8 Å². The zero-order chi connectivity index (χ0) is 13.1. The quantitative estimate of drug-likeness (QED) is 0.766. The molecule has 0 N–H and O–H groups in total. The second-order valence-corrected chi connectivity index (χ2v) is 5.78. The Labute approximate surface area is 119 Å². The fraction of sp³-hybridized carbons (Fsp3) is 0.154. The van der Waals surface area contributed by atoms with Gasteiger partial charge in [-0.1, -0.05) is 35.3 Å². The average molecular weight is 301 g/mol. The van der Waals surface area contributed by atoms with Crippen LogP contribution in [0.2, 0.25) is 8.67 Å². The molecule has 5 heteroatoms. The van der Waals surface area contributed by atoms with Crippen molar-refractivity contribution in [3.8, 4) is 5.75 Å². The molecule has 2 rings (SSSR count). The zero-order valence-corrected chi connectivity index (χ0v) is 11.9. The Morgan fingerprint density at radius 1 is 1.28 bits per heavy atom. The number of carbonyl (C=O) groups is 1. The van der Waals surface area contributed by atoms with Crippen LogP contribution in [0.5, 0.6) is 5.75 Å². The van der Waals surface area contributed by atoms with Crippen molar-refractivity contribution >= 4 is 40.3 Å². The number of thiophene rings is 1. The van der Waals surface area contributed by atoms with Crippen LogP contribution in [0, 0.1) is 0 Å². The predicted octanol–water partition coefficient (Wildman–Crippen LogP) is 4.68. The van der Waals surface area contributed by atoms with Crippen LogP contribution in [0.25, 0.3) is 0 Å². The molecule has 0 atom stereocenters. The maximum Gasteiger partial charge on any atom is 0.199 e. The molecular formula is C13H10Cl2O2S. The Morgan fingerprint density at radius 2 is 2.00 bits per heavy atom. The van der Waals surface area contributed by atoms with E-state index in [9.17, 15) is 4.79 Å². The van der Waals surface area contributed by atoms with Gasteiger partial charge in [0.15, 0.2) is 5.78 Å². The number of ether oxygens (including phenoxy) is 1. The van der Waals surface area contributed by atoms with Crippen LogP contribution >= 0.6 is 34.5 Å². The molecule has 0 radical (unpaired) electrons. The maximum absolute atomic E-state index is 12.4. The summed E-state index contributed by atoms with van der Waals surface area (Å²) >= 11 is 13.0. The summed E-state index contributed by atoms with van der Waals surface area (Å²) in [4.78, 5) is 12.4. The smallest absolute Gasteiger partial charge is 0.199 e. The summed E-state index contributed by atoms with van der Waals surface area (Å²) in [7, 11) is 0. The van der Waals surface area contributed by atoms with Gasteiger partial charge in [-0.25, -0.2) is 0 Å². The van der Waals surface area contributed by atoms with Crippen molar-refractivity contribution in [2.75, 3.05) is 6.61 Å². The van der Waals surface area contributed by atoms with E-state index in [-0.39, 0.29) is 5.78 Å². The summed E-state index contributed by atoms with van der Waals surface area (Å²) < 4.78 is 6.33. The van der Waals surface area contributed by atoms with Crippen LogP contribution in [-0.2, 0) is 0 Å². The summed E-state index contributed by atoms with van der Waals surface area (Å²) in [6.45, 7) is 2.37. The maximum atomic E-state index is 12.4. The fourth-order valence-corrected chi connectivity index (χ4v) is 3.03. The van der Waals surface area contributed by atoms with Gasteiger partial charge in [-0.3, -0.25) is 4.79 Å². The Balaban J connectivity index is 2.43. The zero-order valence-electron chi connectivity index (χ0n) is 9.57. The molecule has 0 spiro atoms. The second-order valence-electron chi connectivity index (χ2n) is 3.50. The van der Waals surface area contributed by atoms with E-state index in [2.05, 4.69) is 0 Å². The third-order valence-corrected chi connectivity index (χ3v) is 3.82. The largest absolute Gasteiger partial charge is 0.493 e. The molecule has 0 bridgehead atoms. The van der Waals surface area contributed by atoms with E-state index < -0.39 is 0 Å². The van der Waals surface area contributed by atoms with Gasteiger partial charge in [0.2, 0.25) is 0 Å². The summed E-state index contributed by atoms with van der Waals surface area (Å²) in [6.07, 6.45) is 0. The minimum atomic E-state index is -0.174. The van der Waals surface area contributed by atoms with E-state index in [1.165, 1.54) is 11.3 Å². The van der Waals surface area contributed by atoms with E-state index in [0.717, 1.165) is 0 Å². The third kappa shape index (κ3) is 2.69. The van der Waals surface area contributed by atoms with Crippen molar-refractivity contribution in [2.45, 2.75) is 6.92 Å². The molecule has 1 heterocycles. The molecule has 0 unspecified atom stereocenters. The molecule has 1 aromatic heterocycles. The van der Waals surface area contributed by atoms with Gasteiger partial charge < -0.3 is 4.74 Å². The van der Waals surface area contributed by atoms with E-state index in [1.807, 2.05) is 13.0 Å². The number of rotatable bonds is 4. The van der Waals surface area contributed by atoms with E-state index in [0.29, 0.717) is 32.2 Å². The van der Waals surface area contributed by atoms with Crippen molar-refractivity contribution in [3.63, 3.8) is 0 Å². The highest BCUT2D eigenvalue weighted by atomic mass is 35.5. The standard InChI is InChI=1S/C13H10Cl2O2S/c1-2-17-10-6-4-3-5-8(10)12(16)9-7-11(14)18-13(9)15/h3-7H,2H2,1H3. The Hall–Kier alpha value is -1.03. The summed E-state index contributed by atoms with van der Waals surface area (Å²) in [5.74, 6) is 0.385.